The van der Waals surface area contributed by atoms with Gasteiger partial charge in [-0.1, -0.05) is 18.2 Å². The molecule has 27 heavy (non-hydrogen) atoms. The van der Waals surface area contributed by atoms with Crippen molar-refractivity contribution < 1.29 is 9.53 Å². The summed E-state index contributed by atoms with van der Waals surface area (Å²) >= 11 is 0. The number of likely N-dealkylation sites (N-methyl/N-ethyl adjacent to an activating group) is 1. The Morgan fingerprint density at radius 2 is 1.70 bits per heavy atom. The Bertz CT molecular complexity index is 836. The van der Waals surface area contributed by atoms with Gasteiger partial charge < -0.3 is 15.0 Å². The number of nitrogens with one attached hydrogen (secondary N) is 1. The zero-order chi connectivity index (χ0) is 18.9. The van der Waals surface area contributed by atoms with Crippen molar-refractivity contribution in [2.24, 2.45) is 0 Å². The van der Waals surface area contributed by atoms with Crippen LogP contribution in [0.2, 0.25) is 0 Å². The number of hydrogen-bond acceptors (Lipinski definition) is 4. The highest BCUT2D eigenvalue weighted by Gasteiger charge is 2.05. The summed E-state index contributed by atoms with van der Waals surface area (Å²) in [5.74, 6) is 0.497. The Labute approximate surface area is 159 Å². The molecule has 138 valence electrons. The van der Waals surface area contributed by atoms with Gasteiger partial charge in [-0.3, -0.25) is 9.78 Å². The predicted octanol–water partition coefficient (Wildman–Crippen LogP) is 3.78. The van der Waals surface area contributed by atoms with Crippen molar-refractivity contribution in [1.82, 2.24) is 4.98 Å². The van der Waals surface area contributed by atoms with Gasteiger partial charge in [0.05, 0.1) is 0 Å². The maximum absolute atomic E-state index is 12.0. The average molecular weight is 361 g/mol. The molecular formula is C22H23N3O2. The highest BCUT2D eigenvalue weighted by atomic mass is 16.5. The van der Waals surface area contributed by atoms with Gasteiger partial charge in [0.2, 0.25) is 0 Å². The predicted molar refractivity (Wildman–Crippen MR) is 108 cm³/mol. The van der Waals surface area contributed by atoms with Crippen LogP contribution in [0.5, 0.6) is 5.75 Å². The monoisotopic (exact) mass is 361 g/mol. The number of para-hydroxylation sites is 1. The molecule has 0 atom stereocenters. The molecule has 0 bridgehead atoms. The second-order valence-corrected chi connectivity index (χ2v) is 6.22. The van der Waals surface area contributed by atoms with E-state index >= 15 is 0 Å². The minimum Gasteiger partial charge on any atom is -0.484 e. The van der Waals surface area contributed by atoms with Crippen molar-refractivity contribution in [1.29, 1.82) is 0 Å². The number of carbonyl (C=O) groups excluding carboxylic acids is 1. The van der Waals surface area contributed by atoms with Crippen LogP contribution in [0.1, 0.15) is 5.56 Å². The van der Waals surface area contributed by atoms with E-state index in [9.17, 15) is 4.79 Å². The Balaban J connectivity index is 1.47. The standard InChI is InChI=1S/C22H23N3O2/c1-25(16-13-18-11-14-23-15-12-18)20-9-7-19(8-10-20)24-22(26)17-27-21-5-3-2-4-6-21/h2-12,14-15H,13,16-17H2,1H3,(H,24,26). The first-order valence-corrected chi connectivity index (χ1v) is 8.88. The lowest BCUT2D eigenvalue weighted by Crippen LogP contribution is -2.21. The van der Waals surface area contributed by atoms with Crippen LogP contribution < -0.4 is 15.0 Å². The molecule has 3 aromatic rings. The summed E-state index contributed by atoms with van der Waals surface area (Å²) in [5.41, 5.74) is 3.12. The van der Waals surface area contributed by atoms with Crippen LogP contribution in [-0.2, 0) is 11.2 Å². The lowest BCUT2D eigenvalue weighted by molar-refractivity contribution is -0.118. The highest BCUT2D eigenvalue weighted by molar-refractivity contribution is 5.92. The Morgan fingerprint density at radius 1 is 1.00 bits per heavy atom. The highest BCUT2D eigenvalue weighted by Crippen LogP contribution is 2.17. The van der Waals surface area contributed by atoms with Gasteiger partial charge in [0.25, 0.3) is 5.91 Å². The number of anilines is 2. The van der Waals surface area contributed by atoms with Crippen LogP contribution in [0.25, 0.3) is 0 Å². The van der Waals surface area contributed by atoms with E-state index < -0.39 is 0 Å². The maximum Gasteiger partial charge on any atom is 0.262 e. The molecule has 5 heteroatoms. The first-order valence-electron chi connectivity index (χ1n) is 8.88. The third kappa shape index (κ3) is 5.85. The fourth-order valence-corrected chi connectivity index (χ4v) is 2.64. The first-order chi connectivity index (χ1) is 13.2. The molecule has 5 nitrogen and oxygen atoms in total. The van der Waals surface area contributed by atoms with Gasteiger partial charge in [-0.25, -0.2) is 0 Å². The molecule has 1 aromatic heterocycles. The minimum atomic E-state index is -0.183. The fraction of sp³-hybridized carbons (Fsp3) is 0.182. The van der Waals surface area contributed by atoms with Crippen LogP contribution >= 0.6 is 0 Å². The zero-order valence-corrected chi connectivity index (χ0v) is 15.3. The summed E-state index contributed by atoms with van der Waals surface area (Å²) < 4.78 is 5.45. The molecule has 1 heterocycles. The van der Waals surface area contributed by atoms with Crippen molar-refractivity contribution in [3.8, 4) is 5.75 Å². The number of nitrogens with zero attached hydrogens (tertiary/aromatic N) is 2. The summed E-state index contributed by atoms with van der Waals surface area (Å²) in [6.45, 7) is 0.887. The van der Waals surface area contributed by atoms with Crippen LogP contribution in [0.3, 0.4) is 0 Å². The smallest absolute Gasteiger partial charge is 0.262 e. The normalized spacial score (nSPS) is 10.3. The van der Waals surface area contributed by atoms with Crippen molar-refractivity contribution in [2.45, 2.75) is 6.42 Å². The van der Waals surface area contributed by atoms with Gasteiger partial charge in [-0.05, 0) is 60.5 Å². The summed E-state index contributed by atoms with van der Waals surface area (Å²) in [5, 5.41) is 2.85. The molecular weight excluding hydrogens is 338 g/mol. The third-order valence-electron chi connectivity index (χ3n) is 4.19. The summed E-state index contributed by atoms with van der Waals surface area (Å²) in [6, 6.07) is 21.2. The molecule has 0 aliphatic heterocycles. The molecule has 3 rings (SSSR count). The van der Waals surface area contributed by atoms with Gasteiger partial charge >= 0.3 is 0 Å². The van der Waals surface area contributed by atoms with Crippen LogP contribution in [-0.4, -0.2) is 31.1 Å². The molecule has 0 fully saturated rings. The number of hydrogen-bond donors (Lipinski definition) is 1. The van der Waals surface area contributed by atoms with Gasteiger partial charge in [0, 0.05) is 37.4 Å². The van der Waals surface area contributed by atoms with Crippen molar-refractivity contribution in [3.63, 3.8) is 0 Å². The van der Waals surface area contributed by atoms with Gasteiger partial charge in [0.1, 0.15) is 5.75 Å². The molecule has 0 saturated heterocycles. The van der Waals surface area contributed by atoms with E-state index in [1.54, 1.807) is 0 Å². The molecule has 0 radical (unpaired) electrons. The van der Waals surface area contributed by atoms with Crippen molar-refractivity contribution >= 4 is 17.3 Å². The minimum absolute atomic E-state index is 0.0163. The lowest BCUT2D eigenvalue weighted by atomic mass is 10.2. The number of carbonyl (C=O) groups is 1. The second-order valence-electron chi connectivity index (χ2n) is 6.22. The van der Waals surface area contributed by atoms with E-state index in [1.807, 2.05) is 79.1 Å². The SMILES string of the molecule is CN(CCc1ccncc1)c1ccc(NC(=O)COc2ccccc2)cc1. The van der Waals surface area contributed by atoms with Crippen LogP contribution in [0.4, 0.5) is 11.4 Å². The average Bonchev–Trinajstić information content (AvgIpc) is 2.72. The quantitative estimate of drug-likeness (QED) is 0.663. The van der Waals surface area contributed by atoms with E-state index in [0.29, 0.717) is 5.75 Å². The van der Waals surface area contributed by atoms with E-state index in [1.165, 1.54) is 5.56 Å². The number of benzene rings is 2. The largest absolute Gasteiger partial charge is 0.484 e. The van der Waals surface area contributed by atoms with Crippen LogP contribution in [0.15, 0.2) is 79.1 Å². The first kappa shape index (κ1) is 18.5. The second kappa shape index (κ2) is 9.38. The molecule has 0 unspecified atom stereocenters. The summed E-state index contributed by atoms with van der Waals surface area (Å²) in [6.07, 6.45) is 4.58. The van der Waals surface area contributed by atoms with Crippen LogP contribution in [0, 0.1) is 0 Å². The summed E-state index contributed by atoms with van der Waals surface area (Å²) in [7, 11) is 2.06. The molecule has 1 amide bonds. The van der Waals surface area contributed by atoms with E-state index in [-0.39, 0.29) is 12.5 Å². The Morgan fingerprint density at radius 3 is 2.41 bits per heavy atom. The summed E-state index contributed by atoms with van der Waals surface area (Å²) in [4.78, 5) is 18.2. The zero-order valence-electron chi connectivity index (χ0n) is 15.3. The molecule has 0 spiro atoms. The number of aromatic nitrogens is 1. The van der Waals surface area contributed by atoms with Crippen molar-refractivity contribution in [3.05, 3.63) is 84.7 Å². The van der Waals surface area contributed by atoms with E-state index in [0.717, 1.165) is 24.3 Å². The maximum atomic E-state index is 12.0. The number of rotatable bonds is 8. The molecule has 0 saturated carbocycles. The molecule has 0 aliphatic carbocycles. The number of amides is 1. The van der Waals surface area contributed by atoms with E-state index in [4.69, 9.17) is 4.74 Å². The van der Waals surface area contributed by atoms with Gasteiger partial charge in [0.15, 0.2) is 6.61 Å². The Kier molecular flexibility index (Phi) is 6.41. The third-order valence-corrected chi connectivity index (χ3v) is 4.19. The van der Waals surface area contributed by atoms with E-state index in [2.05, 4.69) is 22.2 Å². The molecule has 2 aromatic carbocycles. The topological polar surface area (TPSA) is 54.5 Å². The van der Waals surface area contributed by atoms with Crippen molar-refractivity contribution in [2.75, 3.05) is 30.4 Å². The number of ether oxygens (including phenoxy) is 1. The lowest BCUT2D eigenvalue weighted by Gasteiger charge is -2.19. The molecule has 0 aliphatic rings. The fourth-order valence-electron chi connectivity index (χ4n) is 2.64. The van der Waals surface area contributed by atoms with Gasteiger partial charge in [-0.15, -0.1) is 0 Å². The molecule has 1 N–H and O–H groups in total. The Hall–Kier alpha value is -3.34. The number of pyridine rings is 1. The van der Waals surface area contributed by atoms with Gasteiger partial charge in [-0.2, -0.15) is 0 Å².